The standard InChI is InChI=1S/C8H15NO3/c1-8(2,7(11)12-3)5-4-6(9)10/h4-5H2,1-3H3,(H2,9,10). The van der Waals surface area contributed by atoms with Crippen LogP contribution in [0, 0.1) is 5.41 Å². The molecule has 0 aliphatic carbocycles. The first-order chi connectivity index (χ1) is 5.40. The second-order valence-corrected chi connectivity index (χ2v) is 3.34. The number of ether oxygens (including phenoxy) is 1. The summed E-state index contributed by atoms with van der Waals surface area (Å²) >= 11 is 0. The zero-order valence-corrected chi connectivity index (χ0v) is 7.72. The van der Waals surface area contributed by atoms with E-state index in [1.807, 2.05) is 0 Å². The monoisotopic (exact) mass is 173 g/mol. The lowest BCUT2D eigenvalue weighted by molar-refractivity contribution is -0.151. The van der Waals surface area contributed by atoms with Crippen LogP contribution < -0.4 is 5.73 Å². The number of amides is 1. The average molecular weight is 173 g/mol. The molecule has 0 atom stereocenters. The first-order valence-corrected chi connectivity index (χ1v) is 3.77. The molecule has 0 heterocycles. The molecule has 0 radical (unpaired) electrons. The van der Waals surface area contributed by atoms with Crippen molar-refractivity contribution in [2.75, 3.05) is 7.11 Å². The van der Waals surface area contributed by atoms with Gasteiger partial charge < -0.3 is 10.5 Å². The minimum atomic E-state index is -0.621. The predicted octanol–water partition coefficient (Wildman–Crippen LogP) is 0.451. The summed E-state index contributed by atoms with van der Waals surface area (Å²) in [5.41, 5.74) is 4.33. The Morgan fingerprint density at radius 1 is 1.42 bits per heavy atom. The summed E-state index contributed by atoms with van der Waals surface area (Å²) in [4.78, 5) is 21.5. The third kappa shape index (κ3) is 3.37. The summed E-state index contributed by atoms with van der Waals surface area (Å²) in [6.07, 6.45) is 0.636. The van der Waals surface area contributed by atoms with E-state index in [-0.39, 0.29) is 12.4 Å². The van der Waals surface area contributed by atoms with E-state index in [0.29, 0.717) is 6.42 Å². The fourth-order valence-corrected chi connectivity index (χ4v) is 0.814. The summed E-state index contributed by atoms with van der Waals surface area (Å²) in [5.74, 6) is -0.712. The largest absolute Gasteiger partial charge is 0.469 e. The van der Waals surface area contributed by atoms with Crippen LogP contribution in [0.4, 0.5) is 0 Å². The topological polar surface area (TPSA) is 69.4 Å². The van der Waals surface area contributed by atoms with Gasteiger partial charge in [0, 0.05) is 6.42 Å². The maximum absolute atomic E-state index is 11.1. The van der Waals surface area contributed by atoms with E-state index in [0.717, 1.165) is 0 Å². The van der Waals surface area contributed by atoms with Crippen molar-refractivity contribution in [3.63, 3.8) is 0 Å². The molecule has 0 saturated heterocycles. The van der Waals surface area contributed by atoms with Gasteiger partial charge in [0.1, 0.15) is 0 Å². The predicted molar refractivity (Wildman–Crippen MR) is 44.2 cm³/mol. The van der Waals surface area contributed by atoms with Gasteiger partial charge in [0.15, 0.2) is 0 Å². The van der Waals surface area contributed by atoms with Crippen LogP contribution in [0.5, 0.6) is 0 Å². The molecule has 0 spiro atoms. The van der Waals surface area contributed by atoms with E-state index in [1.54, 1.807) is 13.8 Å². The molecule has 0 fully saturated rings. The second-order valence-electron chi connectivity index (χ2n) is 3.34. The Bertz CT molecular complexity index is 187. The van der Waals surface area contributed by atoms with Crippen molar-refractivity contribution in [3.8, 4) is 0 Å². The minimum absolute atomic E-state index is 0.210. The fraction of sp³-hybridized carbons (Fsp3) is 0.750. The molecule has 0 aromatic heterocycles. The van der Waals surface area contributed by atoms with Gasteiger partial charge in [-0.15, -0.1) is 0 Å². The van der Waals surface area contributed by atoms with Gasteiger partial charge in [-0.05, 0) is 20.3 Å². The van der Waals surface area contributed by atoms with Gasteiger partial charge in [-0.2, -0.15) is 0 Å². The summed E-state index contributed by atoms with van der Waals surface area (Å²) in [5, 5.41) is 0. The van der Waals surface area contributed by atoms with Crippen LogP contribution in [0.2, 0.25) is 0 Å². The van der Waals surface area contributed by atoms with Gasteiger partial charge in [0.2, 0.25) is 5.91 Å². The summed E-state index contributed by atoms with van der Waals surface area (Å²) in [6.45, 7) is 3.45. The maximum Gasteiger partial charge on any atom is 0.311 e. The van der Waals surface area contributed by atoms with Gasteiger partial charge in [-0.25, -0.2) is 0 Å². The summed E-state index contributed by atoms with van der Waals surface area (Å²) in [6, 6.07) is 0. The number of carbonyl (C=O) groups is 2. The van der Waals surface area contributed by atoms with Crippen molar-refractivity contribution in [1.82, 2.24) is 0 Å². The first kappa shape index (κ1) is 10.9. The van der Waals surface area contributed by atoms with E-state index >= 15 is 0 Å². The van der Waals surface area contributed by atoms with Gasteiger partial charge in [0.05, 0.1) is 12.5 Å². The van der Waals surface area contributed by atoms with Gasteiger partial charge >= 0.3 is 5.97 Å². The fourth-order valence-electron chi connectivity index (χ4n) is 0.814. The molecule has 0 aromatic rings. The van der Waals surface area contributed by atoms with Gasteiger partial charge in [-0.1, -0.05) is 0 Å². The Morgan fingerprint density at radius 2 is 1.92 bits per heavy atom. The number of methoxy groups -OCH3 is 1. The Morgan fingerprint density at radius 3 is 2.25 bits per heavy atom. The van der Waals surface area contributed by atoms with E-state index in [2.05, 4.69) is 4.74 Å². The number of hydrogen-bond donors (Lipinski definition) is 1. The molecule has 70 valence electrons. The van der Waals surface area contributed by atoms with E-state index in [4.69, 9.17) is 5.73 Å². The molecular weight excluding hydrogens is 158 g/mol. The van der Waals surface area contributed by atoms with Crippen LogP contribution in [0.1, 0.15) is 26.7 Å². The molecule has 0 bridgehead atoms. The Balaban J connectivity index is 4.03. The third-order valence-corrected chi connectivity index (χ3v) is 1.73. The minimum Gasteiger partial charge on any atom is -0.469 e. The SMILES string of the molecule is COC(=O)C(C)(C)CCC(N)=O. The number of nitrogens with two attached hydrogens (primary N) is 1. The Hall–Kier alpha value is -1.06. The molecule has 4 heteroatoms. The van der Waals surface area contributed by atoms with Gasteiger partial charge in [-0.3, -0.25) is 9.59 Å². The third-order valence-electron chi connectivity index (χ3n) is 1.73. The highest BCUT2D eigenvalue weighted by molar-refractivity contribution is 5.78. The summed E-state index contributed by atoms with van der Waals surface area (Å²) < 4.78 is 4.56. The van der Waals surface area contributed by atoms with Crippen molar-refractivity contribution >= 4 is 11.9 Å². The molecule has 2 N–H and O–H groups in total. The number of rotatable bonds is 4. The van der Waals surface area contributed by atoms with Crippen molar-refractivity contribution in [2.45, 2.75) is 26.7 Å². The molecule has 0 aliphatic heterocycles. The second kappa shape index (κ2) is 4.09. The zero-order valence-electron chi connectivity index (χ0n) is 7.72. The molecule has 12 heavy (non-hydrogen) atoms. The number of primary amides is 1. The zero-order chi connectivity index (χ0) is 9.78. The van der Waals surface area contributed by atoms with Crippen molar-refractivity contribution in [1.29, 1.82) is 0 Å². The number of esters is 1. The van der Waals surface area contributed by atoms with Crippen molar-refractivity contribution < 1.29 is 14.3 Å². The molecule has 0 unspecified atom stereocenters. The van der Waals surface area contributed by atoms with E-state index in [9.17, 15) is 9.59 Å². The van der Waals surface area contributed by atoms with E-state index < -0.39 is 11.3 Å². The highest BCUT2D eigenvalue weighted by atomic mass is 16.5. The Labute approximate surface area is 72.1 Å². The normalized spacial score (nSPS) is 10.9. The molecule has 0 rings (SSSR count). The van der Waals surface area contributed by atoms with Crippen LogP contribution in [-0.2, 0) is 14.3 Å². The quantitative estimate of drug-likeness (QED) is 0.627. The molecular formula is C8H15NO3. The smallest absolute Gasteiger partial charge is 0.311 e. The van der Waals surface area contributed by atoms with Crippen molar-refractivity contribution in [2.24, 2.45) is 11.1 Å². The first-order valence-electron chi connectivity index (χ1n) is 3.77. The van der Waals surface area contributed by atoms with Crippen molar-refractivity contribution in [3.05, 3.63) is 0 Å². The average Bonchev–Trinajstić information content (AvgIpc) is 1.99. The van der Waals surface area contributed by atoms with Crippen LogP contribution in [0.25, 0.3) is 0 Å². The molecule has 1 amide bonds. The molecule has 0 aliphatic rings. The van der Waals surface area contributed by atoms with Crippen LogP contribution >= 0.6 is 0 Å². The van der Waals surface area contributed by atoms with Crippen LogP contribution in [-0.4, -0.2) is 19.0 Å². The molecule has 0 aromatic carbocycles. The number of carbonyl (C=O) groups excluding carboxylic acids is 2. The molecule has 0 saturated carbocycles. The number of hydrogen-bond acceptors (Lipinski definition) is 3. The van der Waals surface area contributed by atoms with Gasteiger partial charge in [0.25, 0.3) is 0 Å². The maximum atomic E-state index is 11.1. The van der Waals surface area contributed by atoms with Crippen LogP contribution in [0.3, 0.4) is 0 Å². The lowest BCUT2D eigenvalue weighted by Gasteiger charge is -2.19. The highest BCUT2D eigenvalue weighted by Gasteiger charge is 2.28. The highest BCUT2D eigenvalue weighted by Crippen LogP contribution is 2.23. The van der Waals surface area contributed by atoms with E-state index in [1.165, 1.54) is 7.11 Å². The lowest BCUT2D eigenvalue weighted by atomic mass is 9.88. The Kier molecular flexibility index (Phi) is 3.73. The lowest BCUT2D eigenvalue weighted by Crippen LogP contribution is -2.27. The summed E-state index contributed by atoms with van der Waals surface area (Å²) in [7, 11) is 1.33. The molecule has 4 nitrogen and oxygen atoms in total. The van der Waals surface area contributed by atoms with Crippen LogP contribution in [0.15, 0.2) is 0 Å².